The summed E-state index contributed by atoms with van der Waals surface area (Å²) in [5.74, 6) is 3.89. The van der Waals surface area contributed by atoms with Gasteiger partial charge in [0.05, 0.1) is 25.8 Å². The van der Waals surface area contributed by atoms with Gasteiger partial charge in [-0.25, -0.2) is 0 Å². The largest absolute Gasteiger partial charge is 0.493 e. The van der Waals surface area contributed by atoms with E-state index in [-0.39, 0.29) is 30.1 Å². The topological polar surface area (TPSA) is 75.1 Å². The molecule has 0 spiro atoms. The molecule has 2 unspecified atom stereocenters. The Labute approximate surface area is 177 Å². The van der Waals surface area contributed by atoms with Gasteiger partial charge in [-0.2, -0.15) is 11.8 Å². The minimum Gasteiger partial charge on any atom is -0.493 e. The zero-order chi connectivity index (χ0) is 18.1. The lowest BCUT2D eigenvalue weighted by atomic mass is 10.1. The lowest BCUT2D eigenvalue weighted by Crippen LogP contribution is -2.43. The summed E-state index contributed by atoms with van der Waals surface area (Å²) in [6, 6.07) is 7.60. The Balaban J connectivity index is 0.00000338. The van der Waals surface area contributed by atoms with Gasteiger partial charge >= 0.3 is 0 Å². The molecule has 26 heavy (non-hydrogen) atoms. The lowest BCUT2D eigenvalue weighted by Gasteiger charge is -2.21. The molecule has 1 aliphatic heterocycles. The van der Waals surface area contributed by atoms with E-state index >= 15 is 0 Å². The number of nitrogens with zero attached hydrogens (tertiary/aromatic N) is 1. The number of para-hydroxylation sites is 2. The van der Waals surface area contributed by atoms with Gasteiger partial charge in [0.1, 0.15) is 6.10 Å². The van der Waals surface area contributed by atoms with Gasteiger partial charge in [-0.1, -0.05) is 12.1 Å². The first kappa shape index (κ1) is 23.2. The Morgan fingerprint density at radius 3 is 2.69 bits per heavy atom. The smallest absolute Gasteiger partial charge is 0.191 e. The maximum absolute atomic E-state index is 10.4. The van der Waals surface area contributed by atoms with Crippen LogP contribution in [0.25, 0.3) is 0 Å². The quantitative estimate of drug-likeness (QED) is 0.293. The molecular formula is C18H30IN3O3S. The molecule has 0 saturated carbocycles. The van der Waals surface area contributed by atoms with Gasteiger partial charge in [0.2, 0.25) is 0 Å². The van der Waals surface area contributed by atoms with Crippen LogP contribution < -0.4 is 20.1 Å². The standard InChI is InChI=1S/C18H29N3O3S.HI/c1-4-19-17(21-12-18(22)9-10-25-13-18)20-11-14(2)24-16-8-6-5-7-15(16)23-3;/h5-8,14,22H,4,9-13H2,1-3H3,(H2,19,20,21);1H. The molecule has 8 heteroatoms. The van der Waals surface area contributed by atoms with Crippen molar-refractivity contribution in [3.05, 3.63) is 24.3 Å². The third-order valence-corrected chi connectivity index (χ3v) is 5.15. The molecular weight excluding hydrogens is 465 g/mol. The number of nitrogens with one attached hydrogen (secondary N) is 2. The fourth-order valence-electron chi connectivity index (χ4n) is 2.50. The second-order valence-corrected chi connectivity index (χ2v) is 7.29. The summed E-state index contributed by atoms with van der Waals surface area (Å²) in [4.78, 5) is 4.53. The Bertz CT molecular complexity index is 568. The summed E-state index contributed by atoms with van der Waals surface area (Å²) in [6.07, 6.45) is 0.735. The first-order valence-corrected chi connectivity index (χ1v) is 9.84. The van der Waals surface area contributed by atoms with Crippen molar-refractivity contribution in [1.82, 2.24) is 10.6 Å². The predicted octanol–water partition coefficient (Wildman–Crippen LogP) is 2.50. The summed E-state index contributed by atoms with van der Waals surface area (Å²) in [5.41, 5.74) is -0.674. The highest BCUT2D eigenvalue weighted by molar-refractivity contribution is 14.0. The highest BCUT2D eigenvalue weighted by Crippen LogP contribution is 2.28. The monoisotopic (exact) mass is 495 g/mol. The molecule has 2 atom stereocenters. The second kappa shape index (κ2) is 11.8. The Morgan fingerprint density at radius 1 is 1.35 bits per heavy atom. The number of aliphatic imine (C=N–C) groups is 1. The SMILES string of the molecule is CCNC(=NCC1(O)CCSC1)NCC(C)Oc1ccccc1OC.I. The van der Waals surface area contributed by atoms with Crippen LogP contribution in [0.1, 0.15) is 20.3 Å². The first-order valence-electron chi connectivity index (χ1n) is 8.68. The molecule has 6 nitrogen and oxygen atoms in total. The minimum atomic E-state index is -0.674. The maximum atomic E-state index is 10.4. The van der Waals surface area contributed by atoms with E-state index in [9.17, 15) is 5.11 Å². The first-order chi connectivity index (χ1) is 12.1. The number of aliphatic hydroxyl groups is 1. The van der Waals surface area contributed by atoms with Crippen molar-refractivity contribution in [2.24, 2.45) is 4.99 Å². The average Bonchev–Trinajstić information content (AvgIpc) is 3.05. The van der Waals surface area contributed by atoms with Gasteiger partial charge in [-0.15, -0.1) is 24.0 Å². The van der Waals surface area contributed by atoms with Gasteiger partial charge in [-0.05, 0) is 38.2 Å². The van der Waals surface area contributed by atoms with Crippen LogP contribution in [0.3, 0.4) is 0 Å². The molecule has 1 aromatic carbocycles. The van der Waals surface area contributed by atoms with Crippen LogP contribution in [-0.4, -0.2) is 61.0 Å². The molecule has 0 bridgehead atoms. The predicted molar refractivity (Wildman–Crippen MR) is 119 cm³/mol. The molecule has 0 amide bonds. The second-order valence-electron chi connectivity index (χ2n) is 6.18. The Kier molecular flexibility index (Phi) is 10.5. The van der Waals surface area contributed by atoms with E-state index in [0.717, 1.165) is 36.0 Å². The van der Waals surface area contributed by atoms with Crippen molar-refractivity contribution in [2.45, 2.75) is 32.0 Å². The fourth-order valence-corrected chi connectivity index (χ4v) is 3.79. The lowest BCUT2D eigenvalue weighted by molar-refractivity contribution is 0.0778. The highest BCUT2D eigenvalue weighted by atomic mass is 127. The third kappa shape index (κ3) is 7.40. The van der Waals surface area contributed by atoms with E-state index in [2.05, 4.69) is 15.6 Å². The Hall–Kier alpha value is -0.870. The molecule has 0 aliphatic carbocycles. The van der Waals surface area contributed by atoms with Gasteiger partial charge in [0.15, 0.2) is 17.5 Å². The number of benzene rings is 1. The van der Waals surface area contributed by atoms with Crippen LogP contribution >= 0.6 is 35.7 Å². The number of halogens is 1. The van der Waals surface area contributed by atoms with Crippen molar-refractivity contribution in [1.29, 1.82) is 0 Å². The van der Waals surface area contributed by atoms with Gasteiger partial charge in [-0.3, -0.25) is 4.99 Å². The van der Waals surface area contributed by atoms with Crippen LogP contribution in [0.2, 0.25) is 0 Å². The van der Waals surface area contributed by atoms with Crippen LogP contribution in [0.4, 0.5) is 0 Å². The number of hydrogen-bond acceptors (Lipinski definition) is 5. The van der Waals surface area contributed by atoms with E-state index in [1.54, 1.807) is 18.9 Å². The molecule has 1 heterocycles. The van der Waals surface area contributed by atoms with Crippen molar-refractivity contribution < 1.29 is 14.6 Å². The summed E-state index contributed by atoms with van der Waals surface area (Å²) in [6.45, 7) is 5.78. The third-order valence-electron chi connectivity index (χ3n) is 3.91. The van der Waals surface area contributed by atoms with E-state index in [4.69, 9.17) is 9.47 Å². The molecule has 148 valence electrons. The molecule has 0 aromatic heterocycles. The molecule has 2 rings (SSSR count). The highest BCUT2D eigenvalue weighted by Gasteiger charge is 2.31. The van der Waals surface area contributed by atoms with Crippen molar-refractivity contribution >= 4 is 41.7 Å². The van der Waals surface area contributed by atoms with Gasteiger partial charge in [0.25, 0.3) is 0 Å². The number of rotatable bonds is 8. The van der Waals surface area contributed by atoms with Gasteiger partial charge in [0, 0.05) is 12.3 Å². The van der Waals surface area contributed by atoms with Crippen molar-refractivity contribution in [3.8, 4) is 11.5 Å². The summed E-state index contributed by atoms with van der Waals surface area (Å²) in [7, 11) is 1.63. The normalized spacial score (nSPS) is 20.8. The van der Waals surface area contributed by atoms with E-state index in [1.165, 1.54) is 0 Å². The van der Waals surface area contributed by atoms with Crippen LogP contribution in [0.5, 0.6) is 11.5 Å². The van der Waals surface area contributed by atoms with Crippen LogP contribution in [0.15, 0.2) is 29.3 Å². The number of guanidine groups is 1. The summed E-state index contributed by atoms with van der Waals surface area (Å²) >= 11 is 1.78. The van der Waals surface area contributed by atoms with Gasteiger partial charge < -0.3 is 25.2 Å². The fraction of sp³-hybridized carbons (Fsp3) is 0.611. The maximum Gasteiger partial charge on any atom is 0.191 e. The molecule has 1 aromatic rings. The van der Waals surface area contributed by atoms with Crippen LogP contribution in [0, 0.1) is 0 Å². The van der Waals surface area contributed by atoms with E-state index < -0.39 is 5.60 Å². The van der Waals surface area contributed by atoms with Crippen molar-refractivity contribution in [3.63, 3.8) is 0 Å². The molecule has 1 fully saturated rings. The minimum absolute atomic E-state index is 0. The molecule has 1 saturated heterocycles. The Morgan fingerprint density at radius 2 is 2.08 bits per heavy atom. The summed E-state index contributed by atoms with van der Waals surface area (Å²) in [5, 5.41) is 16.9. The van der Waals surface area contributed by atoms with E-state index in [1.807, 2.05) is 38.1 Å². The zero-order valence-electron chi connectivity index (χ0n) is 15.7. The van der Waals surface area contributed by atoms with Crippen molar-refractivity contribution in [2.75, 3.05) is 38.2 Å². The van der Waals surface area contributed by atoms with E-state index in [0.29, 0.717) is 19.0 Å². The summed E-state index contributed by atoms with van der Waals surface area (Å²) < 4.78 is 11.2. The zero-order valence-corrected chi connectivity index (χ0v) is 18.8. The van der Waals surface area contributed by atoms with Crippen LogP contribution in [-0.2, 0) is 0 Å². The molecule has 1 aliphatic rings. The number of hydrogen-bond donors (Lipinski definition) is 3. The molecule has 3 N–H and O–H groups in total. The average molecular weight is 495 g/mol. The number of ether oxygens (including phenoxy) is 2. The number of methoxy groups -OCH3 is 1. The molecule has 0 radical (unpaired) electrons. The number of thioether (sulfide) groups is 1.